The number of nitrogens with two attached hydrogens (primary N) is 1. The highest BCUT2D eigenvalue weighted by Gasteiger charge is 2.20. The van der Waals surface area contributed by atoms with E-state index in [4.69, 9.17) is 5.73 Å². The van der Waals surface area contributed by atoms with Gasteiger partial charge >= 0.3 is 5.97 Å². The molecule has 0 saturated heterocycles. The van der Waals surface area contributed by atoms with Crippen molar-refractivity contribution in [2.75, 3.05) is 6.61 Å². The van der Waals surface area contributed by atoms with E-state index in [-0.39, 0.29) is 6.61 Å². The van der Waals surface area contributed by atoms with Crippen molar-refractivity contribution in [1.82, 2.24) is 0 Å². The number of esters is 1. The van der Waals surface area contributed by atoms with Crippen LogP contribution in [0.15, 0.2) is 0 Å². The van der Waals surface area contributed by atoms with Gasteiger partial charge in [-0.1, -0.05) is 6.92 Å². The van der Waals surface area contributed by atoms with Gasteiger partial charge in [0.05, 0.1) is 12.6 Å². The lowest BCUT2D eigenvalue weighted by atomic mass is 10.1. The van der Waals surface area contributed by atoms with Crippen LogP contribution < -0.4 is 5.73 Å². The molecule has 64 valence electrons. The van der Waals surface area contributed by atoms with Crippen LogP contribution in [0, 0.1) is 0 Å². The molecule has 0 amide bonds. The minimum atomic E-state index is -0.832. The Balaban J connectivity index is 3.92. The number of carbonyl (C=O) groups is 2. The van der Waals surface area contributed by atoms with Gasteiger partial charge in [0.15, 0.2) is 0 Å². The van der Waals surface area contributed by atoms with Crippen LogP contribution in [0.25, 0.3) is 0 Å². The highest BCUT2D eigenvalue weighted by atomic mass is 16.5. The van der Waals surface area contributed by atoms with Crippen LogP contribution in [0.1, 0.15) is 20.3 Å². The highest BCUT2D eigenvalue weighted by Crippen LogP contribution is 1.91. The third kappa shape index (κ3) is 3.13. The second kappa shape index (κ2) is 4.85. The van der Waals surface area contributed by atoms with E-state index >= 15 is 0 Å². The maximum atomic E-state index is 10.9. The number of hydrogen-bond donors (Lipinski definition) is 1. The molecule has 0 aliphatic carbocycles. The quantitative estimate of drug-likeness (QED) is 0.457. The summed E-state index contributed by atoms with van der Waals surface area (Å²) in [7, 11) is 0. The second-order valence-electron chi connectivity index (χ2n) is 2.10. The fourth-order valence-electron chi connectivity index (χ4n) is 0.539. The van der Waals surface area contributed by atoms with E-state index < -0.39 is 17.8 Å². The Kier molecular flexibility index (Phi) is 4.45. The van der Waals surface area contributed by atoms with Gasteiger partial charge in [0.2, 0.25) is 0 Å². The molecule has 4 nitrogen and oxygen atoms in total. The average Bonchev–Trinajstić information content (AvgIpc) is 2.02. The Bertz CT molecular complexity index is 156. The number of rotatable bonds is 4. The Labute approximate surface area is 65.7 Å². The molecule has 11 heavy (non-hydrogen) atoms. The average molecular weight is 159 g/mol. The first kappa shape index (κ1) is 10.1. The zero-order chi connectivity index (χ0) is 8.85. The van der Waals surface area contributed by atoms with E-state index in [1.807, 2.05) is 0 Å². The molecule has 0 radical (unpaired) electrons. The van der Waals surface area contributed by atoms with Crippen molar-refractivity contribution in [3.8, 4) is 0 Å². The van der Waals surface area contributed by atoms with Crippen molar-refractivity contribution in [3.63, 3.8) is 0 Å². The third-order valence-corrected chi connectivity index (χ3v) is 1.25. The first-order valence-electron chi connectivity index (χ1n) is 3.60. The Hall–Kier alpha value is -0.900. The van der Waals surface area contributed by atoms with Crippen molar-refractivity contribution in [1.29, 1.82) is 0 Å². The minimum Gasteiger partial charge on any atom is -0.460 e. The van der Waals surface area contributed by atoms with Gasteiger partial charge in [-0.05, 0) is 13.3 Å². The Morgan fingerprint density at radius 2 is 2.00 bits per heavy atom. The summed E-state index contributed by atoms with van der Waals surface area (Å²) in [4.78, 5) is 21.6. The molecule has 1 unspecified atom stereocenters. The lowest BCUT2D eigenvalue weighted by molar-refractivity contribution is -0.154. The number of carbonyl (C=O) groups excluding carboxylic acids is 2. The monoisotopic (exact) mass is 159 g/mol. The van der Waals surface area contributed by atoms with Crippen LogP contribution >= 0.6 is 0 Å². The fourth-order valence-corrected chi connectivity index (χ4v) is 0.539. The van der Waals surface area contributed by atoms with Crippen molar-refractivity contribution in [2.24, 2.45) is 5.73 Å². The number of hydrogen-bond acceptors (Lipinski definition) is 4. The van der Waals surface area contributed by atoms with Crippen LogP contribution in [0.2, 0.25) is 0 Å². The van der Waals surface area contributed by atoms with Gasteiger partial charge in [-0.15, -0.1) is 0 Å². The van der Waals surface area contributed by atoms with Gasteiger partial charge < -0.3 is 10.5 Å². The molecule has 0 aromatic carbocycles. The minimum absolute atomic E-state index is 0.209. The van der Waals surface area contributed by atoms with Crippen molar-refractivity contribution in [2.45, 2.75) is 26.3 Å². The molecule has 0 rings (SSSR count). The van der Waals surface area contributed by atoms with E-state index in [2.05, 4.69) is 4.74 Å². The molecule has 0 saturated carbocycles. The molecule has 0 spiro atoms. The first-order valence-corrected chi connectivity index (χ1v) is 3.60. The van der Waals surface area contributed by atoms with Gasteiger partial charge in [0.25, 0.3) is 5.78 Å². The van der Waals surface area contributed by atoms with E-state index in [1.165, 1.54) is 0 Å². The number of ether oxygens (including phenoxy) is 1. The lowest BCUT2D eigenvalue weighted by Crippen LogP contribution is -2.36. The molecular weight excluding hydrogens is 146 g/mol. The standard InChI is InChI=1S/C7H13NO3/c1-3-5(8)6(9)7(10)11-4-2/h5H,3-4,8H2,1-2H3. The van der Waals surface area contributed by atoms with Crippen LogP contribution in [0.5, 0.6) is 0 Å². The van der Waals surface area contributed by atoms with Gasteiger partial charge in [0.1, 0.15) is 0 Å². The van der Waals surface area contributed by atoms with Crippen LogP contribution in [0.4, 0.5) is 0 Å². The second-order valence-corrected chi connectivity index (χ2v) is 2.10. The fraction of sp³-hybridized carbons (Fsp3) is 0.714. The summed E-state index contributed by atoms with van der Waals surface area (Å²) in [6, 6.07) is -0.714. The summed E-state index contributed by atoms with van der Waals surface area (Å²) in [5, 5.41) is 0. The molecule has 0 aromatic rings. The normalized spacial score (nSPS) is 12.3. The zero-order valence-corrected chi connectivity index (χ0v) is 6.79. The molecule has 4 heteroatoms. The third-order valence-electron chi connectivity index (χ3n) is 1.25. The molecule has 0 heterocycles. The molecule has 0 aliphatic heterocycles. The summed E-state index contributed by atoms with van der Waals surface area (Å²) in [5.41, 5.74) is 5.30. The summed E-state index contributed by atoms with van der Waals surface area (Å²) in [5.74, 6) is -1.48. The van der Waals surface area contributed by atoms with Crippen molar-refractivity contribution in [3.05, 3.63) is 0 Å². The largest absolute Gasteiger partial charge is 0.460 e. The van der Waals surface area contributed by atoms with Gasteiger partial charge in [-0.25, -0.2) is 4.79 Å². The molecule has 0 aromatic heterocycles. The maximum Gasteiger partial charge on any atom is 0.376 e. The van der Waals surface area contributed by atoms with Crippen molar-refractivity contribution < 1.29 is 14.3 Å². The van der Waals surface area contributed by atoms with E-state index in [1.54, 1.807) is 13.8 Å². The van der Waals surface area contributed by atoms with Gasteiger partial charge in [-0.2, -0.15) is 0 Å². The zero-order valence-electron chi connectivity index (χ0n) is 6.79. The lowest BCUT2D eigenvalue weighted by Gasteiger charge is -2.05. The maximum absolute atomic E-state index is 10.9. The first-order chi connectivity index (χ1) is 5.13. The smallest absolute Gasteiger partial charge is 0.376 e. The number of ketones is 1. The Morgan fingerprint density at radius 3 is 2.36 bits per heavy atom. The van der Waals surface area contributed by atoms with Crippen LogP contribution in [-0.2, 0) is 14.3 Å². The summed E-state index contributed by atoms with van der Waals surface area (Å²) < 4.78 is 4.46. The van der Waals surface area contributed by atoms with Crippen molar-refractivity contribution >= 4 is 11.8 Å². The predicted octanol–water partition coefficient (Wildman–Crippen LogP) is -0.144. The SMILES string of the molecule is CCOC(=O)C(=O)C(N)CC. The van der Waals surface area contributed by atoms with Gasteiger partial charge in [-0.3, -0.25) is 4.79 Å². The summed E-state index contributed by atoms with van der Waals surface area (Å²) in [6.45, 7) is 3.59. The van der Waals surface area contributed by atoms with E-state index in [0.29, 0.717) is 6.42 Å². The highest BCUT2D eigenvalue weighted by molar-refractivity contribution is 6.35. The Morgan fingerprint density at radius 1 is 1.45 bits per heavy atom. The van der Waals surface area contributed by atoms with E-state index in [0.717, 1.165) is 0 Å². The number of Topliss-reactive ketones (excluding diaryl/α,β-unsaturated/α-hetero) is 1. The molecular formula is C7H13NO3. The van der Waals surface area contributed by atoms with Gasteiger partial charge in [0, 0.05) is 0 Å². The molecule has 0 aliphatic rings. The van der Waals surface area contributed by atoms with Crippen LogP contribution in [-0.4, -0.2) is 24.4 Å². The molecule has 2 N–H and O–H groups in total. The van der Waals surface area contributed by atoms with Crippen LogP contribution in [0.3, 0.4) is 0 Å². The topological polar surface area (TPSA) is 69.4 Å². The molecule has 0 bridgehead atoms. The summed E-state index contributed by atoms with van der Waals surface area (Å²) in [6.07, 6.45) is 0.456. The van der Waals surface area contributed by atoms with E-state index in [9.17, 15) is 9.59 Å². The predicted molar refractivity (Wildman–Crippen MR) is 39.9 cm³/mol. The summed E-state index contributed by atoms with van der Waals surface area (Å²) >= 11 is 0. The molecule has 1 atom stereocenters. The molecule has 0 fully saturated rings.